The SMILES string of the molecule is COc1ccc(-c2sc(NC(=O)C3CCCC3)nc2C)cc1S(=O)Nc1nncs1. The fourth-order valence-corrected chi connectivity index (χ4v) is 5.98. The van der Waals surface area contributed by atoms with Crippen molar-refractivity contribution >= 4 is 49.8 Å². The molecule has 1 aliphatic carbocycles. The van der Waals surface area contributed by atoms with E-state index in [1.54, 1.807) is 11.6 Å². The monoisotopic (exact) mass is 463 g/mol. The van der Waals surface area contributed by atoms with Crippen LogP contribution in [-0.4, -0.2) is 32.4 Å². The molecule has 1 saturated carbocycles. The molecule has 0 radical (unpaired) electrons. The third kappa shape index (κ3) is 4.52. The Kier molecular flexibility index (Phi) is 6.40. The lowest BCUT2D eigenvalue weighted by atomic mass is 10.1. The molecular formula is C19H21N5O3S3. The number of carbonyl (C=O) groups excluding carboxylic acids is 1. The number of rotatable bonds is 7. The molecule has 2 N–H and O–H groups in total. The molecule has 8 nitrogen and oxygen atoms in total. The first-order chi connectivity index (χ1) is 14.5. The number of benzene rings is 1. The Morgan fingerprint density at radius 3 is 2.77 bits per heavy atom. The van der Waals surface area contributed by atoms with Crippen molar-refractivity contribution < 1.29 is 13.7 Å². The van der Waals surface area contributed by atoms with Gasteiger partial charge in [0.1, 0.15) is 16.2 Å². The summed E-state index contributed by atoms with van der Waals surface area (Å²) in [5.41, 5.74) is 3.23. The van der Waals surface area contributed by atoms with Crippen LogP contribution in [0.25, 0.3) is 10.4 Å². The third-order valence-electron chi connectivity index (χ3n) is 4.92. The summed E-state index contributed by atoms with van der Waals surface area (Å²) >= 11 is 2.68. The van der Waals surface area contributed by atoms with Gasteiger partial charge < -0.3 is 10.1 Å². The normalized spacial score (nSPS) is 15.1. The van der Waals surface area contributed by atoms with Crippen LogP contribution in [0, 0.1) is 12.8 Å². The van der Waals surface area contributed by atoms with Crippen molar-refractivity contribution in [3.8, 4) is 16.2 Å². The maximum Gasteiger partial charge on any atom is 0.229 e. The maximum absolute atomic E-state index is 12.8. The zero-order valence-electron chi connectivity index (χ0n) is 16.5. The highest BCUT2D eigenvalue weighted by molar-refractivity contribution is 7.86. The number of methoxy groups -OCH3 is 1. The van der Waals surface area contributed by atoms with Gasteiger partial charge in [-0.25, -0.2) is 9.19 Å². The number of carbonyl (C=O) groups is 1. The van der Waals surface area contributed by atoms with Crippen LogP contribution in [0.3, 0.4) is 0 Å². The van der Waals surface area contributed by atoms with Gasteiger partial charge in [0.05, 0.1) is 17.7 Å². The minimum atomic E-state index is -1.57. The number of amides is 1. The summed E-state index contributed by atoms with van der Waals surface area (Å²) in [6, 6.07) is 5.49. The van der Waals surface area contributed by atoms with Crippen molar-refractivity contribution in [1.29, 1.82) is 0 Å². The Morgan fingerprint density at radius 1 is 1.27 bits per heavy atom. The number of nitrogens with one attached hydrogen (secondary N) is 2. The highest BCUT2D eigenvalue weighted by atomic mass is 32.2. The van der Waals surface area contributed by atoms with Crippen molar-refractivity contribution in [2.24, 2.45) is 5.92 Å². The van der Waals surface area contributed by atoms with Crippen LogP contribution >= 0.6 is 22.7 Å². The molecule has 0 spiro atoms. The smallest absolute Gasteiger partial charge is 0.229 e. The average molecular weight is 464 g/mol. The number of nitrogens with zero attached hydrogens (tertiary/aromatic N) is 3. The molecule has 1 unspecified atom stereocenters. The van der Waals surface area contributed by atoms with Crippen LogP contribution in [0.2, 0.25) is 0 Å². The molecule has 1 aromatic carbocycles. The molecule has 0 saturated heterocycles. The van der Waals surface area contributed by atoms with Crippen LogP contribution < -0.4 is 14.8 Å². The van der Waals surface area contributed by atoms with Gasteiger partial charge in [-0.2, -0.15) is 0 Å². The van der Waals surface area contributed by atoms with E-state index in [0.717, 1.165) is 41.8 Å². The summed E-state index contributed by atoms with van der Waals surface area (Å²) < 4.78 is 21.1. The number of ether oxygens (including phenoxy) is 1. The second-order valence-corrected chi connectivity index (χ2v) is 9.90. The molecule has 1 fully saturated rings. The van der Waals surface area contributed by atoms with E-state index >= 15 is 0 Å². The Balaban J connectivity index is 1.58. The van der Waals surface area contributed by atoms with Gasteiger partial charge in [-0.05, 0) is 43.5 Å². The van der Waals surface area contributed by atoms with Crippen molar-refractivity contribution in [3.05, 3.63) is 29.4 Å². The molecule has 11 heteroatoms. The minimum absolute atomic E-state index is 0.0468. The number of aromatic nitrogens is 3. The van der Waals surface area contributed by atoms with E-state index in [-0.39, 0.29) is 11.8 Å². The highest BCUT2D eigenvalue weighted by Gasteiger charge is 2.24. The van der Waals surface area contributed by atoms with Crippen LogP contribution in [0.1, 0.15) is 31.4 Å². The summed E-state index contributed by atoms with van der Waals surface area (Å²) in [6.45, 7) is 1.90. The van der Waals surface area contributed by atoms with Crippen molar-refractivity contribution in [3.63, 3.8) is 0 Å². The van der Waals surface area contributed by atoms with Crippen molar-refractivity contribution in [2.45, 2.75) is 37.5 Å². The van der Waals surface area contributed by atoms with Gasteiger partial charge in [-0.15, -0.1) is 10.2 Å². The lowest BCUT2D eigenvalue weighted by molar-refractivity contribution is -0.119. The summed E-state index contributed by atoms with van der Waals surface area (Å²) in [5.74, 6) is 0.635. The molecular weight excluding hydrogens is 442 g/mol. The first kappa shape index (κ1) is 20.9. The zero-order valence-corrected chi connectivity index (χ0v) is 19.0. The average Bonchev–Trinajstić information content (AvgIpc) is 3.50. The third-order valence-corrected chi connectivity index (χ3v) is 7.87. The van der Waals surface area contributed by atoms with Gasteiger partial charge in [-0.1, -0.05) is 35.5 Å². The van der Waals surface area contributed by atoms with Gasteiger partial charge in [0.15, 0.2) is 16.1 Å². The fourth-order valence-electron chi connectivity index (χ4n) is 3.43. The quantitative estimate of drug-likeness (QED) is 0.543. The summed E-state index contributed by atoms with van der Waals surface area (Å²) in [4.78, 5) is 18.4. The molecule has 30 heavy (non-hydrogen) atoms. The van der Waals surface area contributed by atoms with E-state index in [1.807, 2.05) is 19.1 Å². The second kappa shape index (κ2) is 9.19. The van der Waals surface area contributed by atoms with Crippen LogP contribution in [0.15, 0.2) is 28.6 Å². The molecule has 1 amide bonds. The van der Waals surface area contributed by atoms with Gasteiger partial charge in [0, 0.05) is 5.92 Å². The standard InChI is InChI=1S/C19H21N5O3S3/c1-11-16(29-18(21-11)22-17(25)12-5-3-4-6-12)13-7-8-14(27-2)15(9-13)30(26)24-19-23-20-10-28-19/h7-10,12H,3-6H2,1-2H3,(H,23,24)(H,21,22,25). The summed E-state index contributed by atoms with van der Waals surface area (Å²) in [6.07, 6.45) is 4.10. The highest BCUT2D eigenvalue weighted by Crippen LogP contribution is 2.37. The van der Waals surface area contributed by atoms with Crippen molar-refractivity contribution in [2.75, 3.05) is 17.1 Å². The van der Waals surface area contributed by atoms with Crippen LogP contribution in [0.5, 0.6) is 5.75 Å². The van der Waals surface area contributed by atoms with E-state index in [1.165, 1.54) is 29.8 Å². The molecule has 4 rings (SSSR count). The maximum atomic E-state index is 12.8. The number of hydrogen-bond acceptors (Lipinski definition) is 8. The van der Waals surface area contributed by atoms with Crippen LogP contribution in [0.4, 0.5) is 10.3 Å². The molecule has 1 atom stereocenters. The largest absolute Gasteiger partial charge is 0.495 e. The number of aryl methyl sites for hydroxylation is 1. The van der Waals surface area contributed by atoms with E-state index in [2.05, 4.69) is 25.2 Å². The van der Waals surface area contributed by atoms with Gasteiger partial charge in [0.2, 0.25) is 11.0 Å². The predicted molar refractivity (Wildman–Crippen MR) is 119 cm³/mol. The molecule has 0 bridgehead atoms. The number of thiazole rings is 1. The van der Waals surface area contributed by atoms with Gasteiger partial charge >= 0.3 is 0 Å². The molecule has 0 aliphatic heterocycles. The van der Waals surface area contributed by atoms with E-state index in [4.69, 9.17) is 4.74 Å². The van der Waals surface area contributed by atoms with Crippen LogP contribution in [-0.2, 0) is 15.8 Å². The van der Waals surface area contributed by atoms with Crippen molar-refractivity contribution in [1.82, 2.24) is 15.2 Å². The Morgan fingerprint density at radius 2 is 2.07 bits per heavy atom. The number of hydrogen-bond donors (Lipinski definition) is 2. The van der Waals surface area contributed by atoms with E-state index < -0.39 is 11.0 Å². The molecule has 2 heterocycles. The Hall–Kier alpha value is -2.37. The minimum Gasteiger partial charge on any atom is -0.495 e. The topological polar surface area (TPSA) is 106 Å². The molecule has 1 aliphatic rings. The zero-order chi connectivity index (χ0) is 21.1. The summed E-state index contributed by atoms with van der Waals surface area (Å²) in [5, 5.41) is 11.6. The molecule has 158 valence electrons. The Labute approximate surface area is 184 Å². The lowest BCUT2D eigenvalue weighted by Crippen LogP contribution is -2.20. The van der Waals surface area contributed by atoms with E-state index in [0.29, 0.717) is 20.9 Å². The first-order valence-electron chi connectivity index (χ1n) is 9.46. The summed E-state index contributed by atoms with van der Waals surface area (Å²) in [7, 11) is -0.0346. The van der Waals surface area contributed by atoms with Gasteiger partial charge in [0.25, 0.3) is 0 Å². The fraction of sp³-hybridized carbons (Fsp3) is 0.368. The number of anilines is 2. The predicted octanol–water partition coefficient (Wildman–Crippen LogP) is 4.24. The second-order valence-electron chi connectivity index (χ2n) is 6.88. The Bertz CT molecular complexity index is 1060. The molecule has 2 aromatic heterocycles. The lowest BCUT2D eigenvalue weighted by Gasteiger charge is -2.10. The van der Waals surface area contributed by atoms with Gasteiger partial charge in [-0.3, -0.25) is 9.52 Å². The first-order valence-corrected chi connectivity index (χ1v) is 12.3. The molecule has 3 aromatic rings. The van der Waals surface area contributed by atoms with E-state index in [9.17, 15) is 9.00 Å².